The molecule has 1 aromatic heterocycles. The summed E-state index contributed by atoms with van der Waals surface area (Å²) >= 11 is 0. The van der Waals surface area contributed by atoms with Gasteiger partial charge in [-0.15, -0.1) is 0 Å². The van der Waals surface area contributed by atoms with Gasteiger partial charge in [-0.1, -0.05) is 6.07 Å². The van der Waals surface area contributed by atoms with Gasteiger partial charge in [-0.05, 0) is 43.0 Å². The van der Waals surface area contributed by atoms with Gasteiger partial charge in [-0.2, -0.15) is 0 Å². The fourth-order valence-corrected chi connectivity index (χ4v) is 3.80. The Morgan fingerprint density at radius 1 is 1.29 bits per heavy atom. The van der Waals surface area contributed by atoms with E-state index in [2.05, 4.69) is 22.0 Å². The summed E-state index contributed by atoms with van der Waals surface area (Å²) in [7, 11) is 0. The third-order valence-electron chi connectivity index (χ3n) is 4.86. The number of hydrogen-bond acceptors (Lipinski definition) is 4. The minimum Gasteiger partial charge on any atom is -0.398 e. The van der Waals surface area contributed by atoms with E-state index in [9.17, 15) is 0 Å². The molecule has 1 aromatic carbocycles. The lowest BCUT2D eigenvalue weighted by molar-refractivity contribution is -0.0587. The van der Waals surface area contributed by atoms with Gasteiger partial charge in [-0.3, -0.25) is 9.88 Å². The number of morpholine rings is 1. The van der Waals surface area contributed by atoms with Gasteiger partial charge >= 0.3 is 0 Å². The van der Waals surface area contributed by atoms with E-state index in [1.165, 1.54) is 24.8 Å². The first kappa shape index (κ1) is 13.0. The Hall–Kier alpha value is -1.65. The van der Waals surface area contributed by atoms with Crippen LogP contribution < -0.4 is 5.73 Å². The first-order chi connectivity index (χ1) is 10.3. The van der Waals surface area contributed by atoms with E-state index in [-0.39, 0.29) is 0 Å². The average molecular weight is 283 g/mol. The molecule has 1 saturated heterocycles. The number of nitrogen functional groups attached to an aromatic ring is 1. The minimum absolute atomic E-state index is 0.437. The van der Waals surface area contributed by atoms with Crippen molar-refractivity contribution in [2.75, 3.05) is 18.9 Å². The molecule has 1 aliphatic heterocycles. The Kier molecular flexibility index (Phi) is 3.28. The predicted molar refractivity (Wildman–Crippen MR) is 83.9 cm³/mol. The number of nitrogens with two attached hydrogens (primary N) is 1. The number of fused-ring (bicyclic) bond motifs is 2. The van der Waals surface area contributed by atoms with Crippen LogP contribution in [-0.2, 0) is 11.3 Å². The molecule has 0 bridgehead atoms. The molecular weight excluding hydrogens is 262 g/mol. The SMILES string of the molecule is Nc1ccc(CN2CCOC3CCCC32)c2ncccc12. The maximum absolute atomic E-state index is 6.07. The van der Waals surface area contributed by atoms with Crippen LogP contribution in [0, 0.1) is 0 Å². The predicted octanol–water partition coefficient (Wildman–Crippen LogP) is 2.57. The number of hydrogen-bond donors (Lipinski definition) is 1. The highest BCUT2D eigenvalue weighted by molar-refractivity contribution is 5.92. The number of anilines is 1. The number of rotatable bonds is 2. The number of pyridine rings is 1. The molecule has 0 spiro atoms. The monoisotopic (exact) mass is 283 g/mol. The molecule has 2 aromatic rings. The number of aromatic nitrogens is 1. The first-order valence-electron chi connectivity index (χ1n) is 7.80. The summed E-state index contributed by atoms with van der Waals surface area (Å²) in [4.78, 5) is 7.13. The fourth-order valence-electron chi connectivity index (χ4n) is 3.80. The Labute approximate surface area is 124 Å². The maximum Gasteiger partial charge on any atom is 0.0767 e. The molecular formula is C17H21N3O. The molecule has 2 heterocycles. The van der Waals surface area contributed by atoms with Crippen molar-refractivity contribution in [2.45, 2.75) is 38.0 Å². The van der Waals surface area contributed by atoms with Crippen LogP contribution in [0.25, 0.3) is 10.9 Å². The summed E-state index contributed by atoms with van der Waals surface area (Å²) in [6, 6.07) is 8.72. The molecule has 2 unspecified atom stereocenters. The summed E-state index contributed by atoms with van der Waals surface area (Å²) in [5.41, 5.74) is 9.19. The van der Waals surface area contributed by atoms with Crippen LogP contribution in [0.3, 0.4) is 0 Å². The third-order valence-corrected chi connectivity index (χ3v) is 4.86. The number of benzene rings is 1. The zero-order valence-corrected chi connectivity index (χ0v) is 12.2. The summed E-state index contributed by atoms with van der Waals surface area (Å²) in [5, 5.41) is 1.06. The van der Waals surface area contributed by atoms with Crippen molar-refractivity contribution < 1.29 is 4.74 Å². The van der Waals surface area contributed by atoms with E-state index >= 15 is 0 Å². The lowest BCUT2D eigenvalue weighted by Gasteiger charge is -2.37. The molecule has 2 aliphatic rings. The third kappa shape index (κ3) is 2.28. The summed E-state index contributed by atoms with van der Waals surface area (Å²) in [6.45, 7) is 2.81. The van der Waals surface area contributed by atoms with Crippen molar-refractivity contribution >= 4 is 16.6 Å². The summed E-state index contributed by atoms with van der Waals surface area (Å²) in [6.07, 6.45) is 6.04. The van der Waals surface area contributed by atoms with Gasteiger partial charge in [0, 0.05) is 36.4 Å². The molecule has 110 valence electrons. The highest BCUT2D eigenvalue weighted by Crippen LogP contribution is 2.32. The Bertz CT molecular complexity index is 658. The standard InChI is InChI=1S/C17H21N3O/c18-14-7-6-12(17-13(14)3-2-8-19-17)11-20-9-10-21-16-5-1-4-15(16)20/h2-3,6-8,15-16H,1,4-5,9-11,18H2. The molecule has 2 atom stereocenters. The highest BCUT2D eigenvalue weighted by atomic mass is 16.5. The Balaban J connectivity index is 1.66. The molecule has 21 heavy (non-hydrogen) atoms. The van der Waals surface area contributed by atoms with Crippen molar-refractivity contribution in [1.29, 1.82) is 0 Å². The van der Waals surface area contributed by atoms with Gasteiger partial charge in [0.25, 0.3) is 0 Å². The largest absolute Gasteiger partial charge is 0.398 e. The van der Waals surface area contributed by atoms with Crippen molar-refractivity contribution in [1.82, 2.24) is 9.88 Å². The van der Waals surface area contributed by atoms with E-state index in [0.717, 1.165) is 36.3 Å². The summed E-state index contributed by atoms with van der Waals surface area (Å²) in [5.74, 6) is 0. The van der Waals surface area contributed by atoms with E-state index in [1.807, 2.05) is 18.3 Å². The van der Waals surface area contributed by atoms with Gasteiger partial charge in [0.1, 0.15) is 0 Å². The second kappa shape index (κ2) is 5.28. The second-order valence-electron chi connectivity index (χ2n) is 6.09. The molecule has 4 rings (SSSR count). The fraction of sp³-hybridized carbons (Fsp3) is 0.471. The first-order valence-corrected chi connectivity index (χ1v) is 7.80. The van der Waals surface area contributed by atoms with Crippen molar-refractivity contribution in [3.63, 3.8) is 0 Å². The van der Waals surface area contributed by atoms with Gasteiger partial charge in [0.05, 0.1) is 18.2 Å². The van der Waals surface area contributed by atoms with E-state index in [0.29, 0.717) is 12.1 Å². The van der Waals surface area contributed by atoms with Crippen LogP contribution in [-0.4, -0.2) is 35.2 Å². The molecule has 1 saturated carbocycles. The van der Waals surface area contributed by atoms with Crippen LogP contribution in [0.1, 0.15) is 24.8 Å². The van der Waals surface area contributed by atoms with Crippen LogP contribution in [0.2, 0.25) is 0 Å². The second-order valence-corrected chi connectivity index (χ2v) is 6.09. The number of nitrogens with zero attached hydrogens (tertiary/aromatic N) is 2. The van der Waals surface area contributed by atoms with Gasteiger partial charge < -0.3 is 10.5 Å². The van der Waals surface area contributed by atoms with Crippen molar-refractivity contribution in [3.05, 3.63) is 36.0 Å². The summed E-state index contributed by atoms with van der Waals surface area (Å²) < 4.78 is 5.90. The van der Waals surface area contributed by atoms with E-state index < -0.39 is 0 Å². The quantitative estimate of drug-likeness (QED) is 0.861. The maximum atomic E-state index is 6.07. The van der Waals surface area contributed by atoms with Gasteiger partial charge in [-0.25, -0.2) is 0 Å². The topological polar surface area (TPSA) is 51.4 Å². The molecule has 1 aliphatic carbocycles. The van der Waals surface area contributed by atoms with Crippen LogP contribution in [0.4, 0.5) is 5.69 Å². The van der Waals surface area contributed by atoms with Crippen molar-refractivity contribution in [3.8, 4) is 0 Å². The van der Waals surface area contributed by atoms with Gasteiger partial charge in [0.15, 0.2) is 0 Å². The molecule has 0 radical (unpaired) electrons. The van der Waals surface area contributed by atoms with Crippen molar-refractivity contribution in [2.24, 2.45) is 0 Å². The van der Waals surface area contributed by atoms with E-state index in [1.54, 1.807) is 0 Å². The zero-order valence-electron chi connectivity index (χ0n) is 12.2. The van der Waals surface area contributed by atoms with Crippen LogP contribution >= 0.6 is 0 Å². The smallest absolute Gasteiger partial charge is 0.0767 e. The van der Waals surface area contributed by atoms with E-state index in [4.69, 9.17) is 10.5 Å². The lowest BCUT2D eigenvalue weighted by atomic mass is 10.1. The van der Waals surface area contributed by atoms with Gasteiger partial charge in [0.2, 0.25) is 0 Å². The van der Waals surface area contributed by atoms with Crippen LogP contribution in [0.5, 0.6) is 0 Å². The normalized spacial score (nSPS) is 26.1. The minimum atomic E-state index is 0.437. The average Bonchev–Trinajstić information content (AvgIpc) is 3.00. The molecule has 0 amide bonds. The molecule has 4 nitrogen and oxygen atoms in total. The molecule has 2 fully saturated rings. The Morgan fingerprint density at radius 2 is 2.24 bits per heavy atom. The van der Waals surface area contributed by atoms with Crippen LogP contribution in [0.15, 0.2) is 30.5 Å². The highest BCUT2D eigenvalue weighted by Gasteiger charge is 2.35. The zero-order chi connectivity index (χ0) is 14.2. The molecule has 2 N–H and O–H groups in total. The lowest BCUT2D eigenvalue weighted by Crippen LogP contribution is -2.47. The molecule has 4 heteroatoms. The Morgan fingerprint density at radius 3 is 3.19 bits per heavy atom. The number of ether oxygens (including phenoxy) is 1.